The fourth-order valence-electron chi connectivity index (χ4n) is 2.22. The summed E-state index contributed by atoms with van der Waals surface area (Å²) in [4.78, 5) is 0. The van der Waals surface area contributed by atoms with Crippen molar-refractivity contribution in [2.75, 3.05) is 33.0 Å². The second-order valence-electron chi connectivity index (χ2n) is 4.44. The van der Waals surface area contributed by atoms with Crippen LogP contribution in [0, 0.1) is 6.92 Å². The van der Waals surface area contributed by atoms with Crippen LogP contribution in [0.2, 0.25) is 0 Å². The molecule has 0 fully saturated rings. The molecular weight excluding hydrogens is 284 g/mol. The number of rotatable bonds is 10. The molecule has 0 amide bonds. The molecule has 0 aliphatic carbocycles. The van der Waals surface area contributed by atoms with Crippen LogP contribution in [-0.4, -0.2) is 33.0 Å². The van der Waals surface area contributed by atoms with Gasteiger partial charge in [-0.1, -0.05) is 0 Å². The summed E-state index contributed by atoms with van der Waals surface area (Å²) >= 11 is 0. The Bertz CT molecular complexity index is 434. The van der Waals surface area contributed by atoms with Crippen molar-refractivity contribution in [3.8, 4) is 28.7 Å². The molecule has 1 rings (SSSR count). The van der Waals surface area contributed by atoms with Crippen molar-refractivity contribution < 1.29 is 23.7 Å². The van der Waals surface area contributed by atoms with Crippen LogP contribution in [0.4, 0.5) is 0 Å². The van der Waals surface area contributed by atoms with Gasteiger partial charge in [0.25, 0.3) is 0 Å². The van der Waals surface area contributed by atoms with E-state index in [1.165, 1.54) is 0 Å². The van der Waals surface area contributed by atoms with Crippen LogP contribution in [0.15, 0.2) is 0 Å². The molecule has 0 aromatic heterocycles. The second kappa shape index (κ2) is 9.28. The van der Waals surface area contributed by atoms with Crippen LogP contribution in [0.3, 0.4) is 0 Å². The quantitative estimate of drug-likeness (QED) is 0.654. The second-order valence-corrected chi connectivity index (χ2v) is 4.44. The molecule has 0 spiro atoms. The van der Waals surface area contributed by atoms with E-state index < -0.39 is 0 Å². The van der Waals surface area contributed by atoms with E-state index in [0.29, 0.717) is 61.8 Å². The van der Waals surface area contributed by atoms with Crippen LogP contribution < -0.4 is 23.7 Å². The van der Waals surface area contributed by atoms with Gasteiger partial charge in [-0.3, -0.25) is 0 Å². The lowest BCUT2D eigenvalue weighted by molar-refractivity contribution is 0.229. The Balaban J connectivity index is 3.62. The molecule has 0 N–H and O–H groups in total. The highest BCUT2D eigenvalue weighted by atomic mass is 16.6. The Kier molecular flexibility index (Phi) is 7.71. The third-order valence-corrected chi connectivity index (χ3v) is 2.95. The summed E-state index contributed by atoms with van der Waals surface area (Å²) in [7, 11) is 0. The van der Waals surface area contributed by atoms with E-state index >= 15 is 0 Å². The maximum atomic E-state index is 5.79. The van der Waals surface area contributed by atoms with E-state index in [-0.39, 0.29) is 0 Å². The molecule has 0 unspecified atom stereocenters. The molecule has 0 heterocycles. The normalized spacial score (nSPS) is 10.3. The largest absolute Gasteiger partial charge is 0.489 e. The average Bonchev–Trinajstić information content (AvgIpc) is 2.51. The minimum atomic E-state index is 0.500. The van der Waals surface area contributed by atoms with Crippen molar-refractivity contribution in [3.63, 3.8) is 0 Å². The van der Waals surface area contributed by atoms with Gasteiger partial charge in [-0.15, -0.1) is 0 Å². The molecule has 0 radical (unpaired) electrons. The number of hydrogen-bond acceptors (Lipinski definition) is 5. The highest BCUT2D eigenvalue weighted by molar-refractivity contribution is 5.70. The smallest absolute Gasteiger partial charge is 0.211 e. The van der Waals surface area contributed by atoms with Gasteiger partial charge in [-0.2, -0.15) is 0 Å². The van der Waals surface area contributed by atoms with Gasteiger partial charge >= 0.3 is 0 Å². The summed E-state index contributed by atoms with van der Waals surface area (Å²) in [5.41, 5.74) is 0.860. The third kappa shape index (κ3) is 3.90. The molecule has 0 bridgehead atoms. The van der Waals surface area contributed by atoms with Crippen molar-refractivity contribution in [2.45, 2.75) is 41.5 Å². The summed E-state index contributed by atoms with van der Waals surface area (Å²) in [5, 5.41) is 0. The predicted molar refractivity (Wildman–Crippen MR) is 87.0 cm³/mol. The van der Waals surface area contributed by atoms with E-state index in [2.05, 4.69) is 0 Å². The Morgan fingerprint density at radius 2 is 0.682 bits per heavy atom. The zero-order valence-electron chi connectivity index (χ0n) is 14.6. The molecule has 0 saturated heterocycles. The number of hydrogen-bond donors (Lipinski definition) is 0. The highest BCUT2D eigenvalue weighted by Gasteiger charge is 2.27. The first kappa shape index (κ1) is 18.3. The van der Waals surface area contributed by atoms with Gasteiger partial charge in [0.1, 0.15) is 0 Å². The predicted octanol–water partition coefficient (Wildman–Crippen LogP) is 3.99. The highest BCUT2D eigenvalue weighted by Crippen LogP contribution is 2.53. The van der Waals surface area contributed by atoms with Gasteiger partial charge in [-0.05, 0) is 41.5 Å². The molecule has 22 heavy (non-hydrogen) atoms. The lowest BCUT2D eigenvalue weighted by Crippen LogP contribution is -2.09. The molecule has 0 atom stereocenters. The van der Waals surface area contributed by atoms with Crippen molar-refractivity contribution >= 4 is 0 Å². The zero-order valence-corrected chi connectivity index (χ0v) is 14.6. The molecule has 5 nitrogen and oxygen atoms in total. The van der Waals surface area contributed by atoms with Crippen LogP contribution in [0.1, 0.15) is 40.2 Å². The minimum Gasteiger partial charge on any atom is -0.489 e. The fourth-order valence-corrected chi connectivity index (χ4v) is 2.22. The van der Waals surface area contributed by atoms with Gasteiger partial charge in [0, 0.05) is 5.56 Å². The standard InChI is InChI=1S/C17H28O5/c1-7-18-13-12(6)14(19-8-2)16(21-10-4)17(22-11-5)15(13)20-9-3/h7-11H2,1-6H3. The van der Waals surface area contributed by atoms with E-state index in [1.54, 1.807) is 0 Å². The Morgan fingerprint density at radius 3 is 0.955 bits per heavy atom. The first-order valence-electron chi connectivity index (χ1n) is 8.00. The lowest BCUT2D eigenvalue weighted by atomic mass is 10.1. The van der Waals surface area contributed by atoms with Gasteiger partial charge in [0.05, 0.1) is 33.0 Å². The van der Waals surface area contributed by atoms with Gasteiger partial charge in [0.15, 0.2) is 11.5 Å². The topological polar surface area (TPSA) is 46.2 Å². The Hall–Kier alpha value is -1.78. The van der Waals surface area contributed by atoms with Gasteiger partial charge in [0.2, 0.25) is 17.2 Å². The monoisotopic (exact) mass is 312 g/mol. The van der Waals surface area contributed by atoms with Crippen LogP contribution in [-0.2, 0) is 0 Å². The van der Waals surface area contributed by atoms with Gasteiger partial charge in [-0.25, -0.2) is 0 Å². The molecule has 1 aromatic rings. The maximum Gasteiger partial charge on any atom is 0.211 e. The maximum absolute atomic E-state index is 5.79. The van der Waals surface area contributed by atoms with Crippen LogP contribution >= 0.6 is 0 Å². The van der Waals surface area contributed by atoms with Crippen molar-refractivity contribution in [2.24, 2.45) is 0 Å². The fraction of sp³-hybridized carbons (Fsp3) is 0.647. The Morgan fingerprint density at radius 1 is 0.455 bits per heavy atom. The van der Waals surface area contributed by atoms with E-state index in [4.69, 9.17) is 23.7 Å². The van der Waals surface area contributed by atoms with Crippen LogP contribution in [0.5, 0.6) is 28.7 Å². The molecule has 126 valence electrons. The lowest BCUT2D eigenvalue weighted by Gasteiger charge is -2.23. The van der Waals surface area contributed by atoms with Crippen molar-refractivity contribution in [3.05, 3.63) is 5.56 Å². The SMILES string of the molecule is CCOc1c(C)c(OCC)c(OCC)c(OCC)c1OCC. The third-order valence-electron chi connectivity index (χ3n) is 2.95. The number of ether oxygens (including phenoxy) is 5. The minimum absolute atomic E-state index is 0.500. The first-order valence-corrected chi connectivity index (χ1v) is 8.00. The summed E-state index contributed by atoms with van der Waals surface area (Å²) in [5.74, 6) is 3.01. The zero-order chi connectivity index (χ0) is 16.5. The van der Waals surface area contributed by atoms with Crippen LogP contribution in [0.25, 0.3) is 0 Å². The van der Waals surface area contributed by atoms with E-state index in [1.807, 2.05) is 41.5 Å². The molecular formula is C17H28O5. The van der Waals surface area contributed by atoms with Crippen molar-refractivity contribution in [1.82, 2.24) is 0 Å². The Labute approximate surface area is 133 Å². The molecule has 0 aliphatic rings. The van der Waals surface area contributed by atoms with Crippen molar-refractivity contribution in [1.29, 1.82) is 0 Å². The molecule has 5 heteroatoms. The number of benzene rings is 1. The summed E-state index contributed by atoms with van der Waals surface area (Å²) in [6.07, 6.45) is 0. The van der Waals surface area contributed by atoms with E-state index in [0.717, 1.165) is 5.56 Å². The average molecular weight is 312 g/mol. The molecule has 0 aliphatic heterocycles. The first-order chi connectivity index (χ1) is 10.7. The summed E-state index contributed by atoms with van der Waals surface area (Å²) in [6, 6.07) is 0. The molecule has 0 saturated carbocycles. The summed E-state index contributed by atoms with van der Waals surface area (Å²) < 4.78 is 28.9. The van der Waals surface area contributed by atoms with E-state index in [9.17, 15) is 0 Å². The van der Waals surface area contributed by atoms with Gasteiger partial charge < -0.3 is 23.7 Å². The summed E-state index contributed by atoms with van der Waals surface area (Å²) in [6.45, 7) is 14.2. The molecule has 1 aromatic carbocycles.